The maximum Gasteiger partial charge on any atom is 0.231 e. The molecule has 3 rings (SSSR count). The second-order valence-corrected chi connectivity index (χ2v) is 6.62. The number of rotatable bonds is 4. The maximum absolute atomic E-state index is 5.49. The second kappa shape index (κ2) is 6.24. The van der Waals surface area contributed by atoms with Crippen molar-refractivity contribution < 1.29 is 9.47 Å². The van der Waals surface area contributed by atoms with E-state index in [0.717, 1.165) is 29.9 Å². The molecule has 1 fully saturated rings. The molecule has 0 aromatic heterocycles. The van der Waals surface area contributed by atoms with Gasteiger partial charge in [0.1, 0.15) is 0 Å². The SMILES string of the molecule is CNC(CN1CC(C)CC(C)C1)c1ccc2c(c1)OCO2. The molecular formula is C17H26N2O2. The maximum atomic E-state index is 5.49. The van der Waals surface area contributed by atoms with E-state index in [2.05, 4.69) is 36.2 Å². The van der Waals surface area contributed by atoms with Crippen molar-refractivity contribution in [3.05, 3.63) is 23.8 Å². The first kappa shape index (κ1) is 14.7. The quantitative estimate of drug-likeness (QED) is 0.924. The predicted octanol–water partition coefficient (Wildman–Crippen LogP) is 2.65. The number of benzene rings is 1. The summed E-state index contributed by atoms with van der Waals surface area (Å²) >= 11 is 0. The molecule has 2 aliphatic heterocycles. The molecule has 116 valence electrons. The van der Waals surface area contributed by atoms with Crippen molar-refractivity contribution in [2.24, 2.45) is 11.8 Å². The van der Waals surface area contributed by atoms with Crippen molar-refractivity contribution in [3.8, 4) is 11.5 Å². The number of piperidine rings is 1. The van der Waals surface area contributed by atoms with E-state index in [1.54, 1.807) is 0 Å². The third kappa shape index (κ3) is 3.33. The first-order chi connectivity index (χ1) is 10.2. The Hall–Kier alpha value is -1.26. The summed E-state index contributed by atoms with van der Waals surface area (Å²) in [6.45, 7) is 8.50. The van der Waals surface area contributed by atoms with Crippen LogP contribution in [-0.2, 0) is 0 Å². The van der Waals surface area contributed by atoms with Crippen LogP contribution in [0.1, 0.15) is 31.9 Å². The van der Waals surface area contributed by atoms with E-state index in [1.165, 1.54) is 25.1 Å². The zero-order valence-corrected chi connectivity index (χ0v) is 13.3. The van der Waals surface area contributed by atoms with Crippen molar-refractivity contribution in [2.45, 2.75) is 26.3 Å². The number of ether oxygens (including phenoxy) is 2. The average molecular weight is 290 g/mol. The molecule has 0 amide bonds. The van der Waals surface area contributed by atoms with Gasteiger partial charge in [-0.3, -0.25) is 0 Å². The number of fused-ring (bicyclic) bond motifs is 1. The van der Waals surface area contributed by atoms with Crippen LogP contribution in [0.5, 0.6) is 11.5 Å². The van der Waals surface area contributed by atoms with Crippen molar-refractivity contribution >= 4 is 0 Å². The first-order valence-electron chi connectivity index (χ1n) is 7.95. The molecule has 1 saturated heterocycles. The average Bonchev–Trinajstić information content (AvgIpc) is 2.91. The smallest absolute Gasteiger partial charge is 0.231 e. The lowest BCUT2D eigenvalue weighted by Crippen LogP contribution is -2.42. The third-order valence-corrected chi connectivity index (χ3v) is 4.53. The van der Waals surface area contributed by atoms with Gasteiger partial charge in [0.2, 0.25) is 6.79 Å². The molecule has 2 aliphatic rings. The minimum absolute atomic E-state index is 0.331. The van der Waals surface area contributed by atoms with Gasteiger partial charge >= 0.3 is 0 Å². The van der Waals surface area contributed by atoms with Crippen LogP contribution >= 0.6 is 0 Å². The Morgan fingerprint density at radius 2 is 1.90 bits per heavy atom. The summed E-state index contributed by atoms with van der Waals surface area (Å²) in [5, 5.41) is 3.45. The zero-order chi connectivity index (χ0) is 14.8. The lowest BCUT2D eigenvalue weighted by Gasteiger charge is -2.37. The molecule has 0 saturated carbocycles. The largest absolute Gasteiger partial charge is 0.454 e. The topological polar surface area (TPSA) is 33.7 Å². The fourth-order valence-corrected chi connectivity index (χ4v) is 3.69. The highest BCUT2D eigenvalue weighted by molar-refractivity contribution is 5.45. The molecule has 3 atom stereocenters. The van der Waals surface area contributed by atoms with E-state index in [4.69, 9.17) is 9.47 Å². The summed E-state index contributed by atoms with van der Waals surface area (Å²) in [6, 6.07) is 6.60. The minimum atomic E-state index is 0.331. The van der Waals surface area contributed by atoms with Gasteiger partial charge in [0.25, 0.3) is 0 Å². The number of hydrogen-bond donors (Lipinski definition) is 1. The van der Waals surface area contributed by atoms with Gasteiger partial charge in [-0.1, -0.05) is 19.9 Å². The van der Waals surface area contributed by atoms with Crippen molar-refractivity contribution in [2.75, 3.05) is 33.5 Å². The summed E-state index contributed by atoms with van der Waals surface area (Å²) in [6.07, 6.45) is 1.35. The molecule has 1 aromatic rings. The van der Waals surface area contributed by atoms with Crippen molar-refractivity contribution in [1.29, 1.82) is 0 Å². The lowest BCUT2D eigenvalue weighted by atomic mass is 9.91. The van der Waals surface area contributed by atoms with Gasteiger partial charge in [-0.2, -0.15) is 0 Å². The number of likely N-dealkylation sites (tertiary alicyclic amines) is 1. The van der Waals surface area contributed by atoms with Gasteiger partial charge in [0.15, 0.2) is 11.5 Å². The summed E-state index contributed by atoms with van der Waals surface area (Å²) in [7, 11) is 2.03. The summed E-state index contributed by atoms with van der Waals surface area (Å²) in [5.41, 5.74) is 1.27. The number of nitrogens with one attached hydrogen (secondary N) is 1. The van der Waals surface area contributed by atoms with E-state index in [1.807, 2.05) is 13.1 Å². The minimum Gasteiger partial charge on any atom is -0.454 e. The van der Waals surface area contributed by atoms with Gasteiger partial charge in [0.05, 0.1) is 0 Å². The molecular weight excluding hydrogens is 264 g/mol. The summed E-state index contributed by atoms with van der Waals surface area (Å²) in [5.74, 6) is 3.31. The predicted molar refractivity (Wildman–Crippen MR) is 83.8 cm³/mol. The summed E-state index contributed by atoms with van der Waals surface area (Å²) in [4.78, 5) is 2.59. The Bertz CT molecular complexity index is 482. The normalized spacial score (nSPS) is 26.8. The van der Waals surface area contributed by atoms with E-state index >= 15 is 0 Å². The van der Waals surface area contributed by atoms with Gasteiger partial charge < -0.3 is 19.7 Å². The van der Waals surface area contributed by atoms with Gasteiger partial charge in [-0.05, 0) is 43.0 Å². The van der Waals surface area contributed by atoms with Crippen LogP contribution in [0.4, 0.5) is 0 Å². The fraction of sp³-hybridized carbons (Fsp3) is 0.647. The fourth-order valence-electron chi connectivity index (χ4n) is 3.69. The van der Waals surface area contributed by atoms with E-state index in [0.29, 0.717) is 12.8 Å². The van der Waals surface area contributed by atoms with E-state index in [-0.39, 0.29) is 0 Å². The monoisotopic (exact) mass is 290 g/mol. The molecule has 0 bridgehead atoms. The number of hydrogen-bond acceptors (Lipinski definition) is 4. The van der Waals surface area contributed by atoms with E-state index < -0.39 is 0 Å². The third-order valence-electron chi connectivity index (χ3n) is 4.53. The first-order valence-corrected chi connectivity index (χ1v) is 7.95. The van der Waals surface area contributed by atoms with Crippen molar-refractivity contribution in [3.63, 3.8) is 0 Å². The molecule has 4 heteroatoms. The molecule has 1 N–H and O–H groups in total. The van der Waals surface area contributed by atoms with Crippen LogP contribution in [0.15, 0.2) is 18.2 Å². The zero-order valence-electron chi connectivity index (χ0n) is 13.3. The van der Waals surface area contributed by atoms with Gasteiger partial charge in [0, 0.05) is 25.7 Å². The highest BCUT2D eigenvalue weighted by Crippen LogP contribution is 2.34. The van der Waals surface area contributed by atoms with Crippen LogP contribution in [0, 0.1) is 11.8 Å². The molecule has 2 heterocycles. The van der Waals surface area contributed by atoms with Crippen LogP contribution in [0.2, 0.25) is 0 Å². The summed E-state index contributed by atoms with van der Waals surface area (Å²) < 4.78 is 10.9. The molecule has 4 nitrogen and oxygen atoms in total. The Morgan fingerprint density at radius 3 is 2.62 bits per heavy atom. The molecule has 3 unspecified atom stereocenters. The van der Waals surface area contributed by atoms with Crippen LogP contribution in [0.25, 0.3) is 0 Å². The van der Waals surface area contributed by atoms with Crippen molar-refractivity contribution in [1.82, 2.24) is 10.2 Å². The highest BCUT2D eigenvalue weighted by Gasteiger charge is 2.25. The lowest BCUT2D eigenvalue weighted by molar-refractivity contribution is 0.129. The Balaban J connectivity index is 1.70. The molecule has 0 aliphatic carbocycles. The van der Waals surface area contributed by atoms with Crippen LogP contribution < -0.4 is 14.8 Å². The Labute approximate surface area is 127 Å². The number of likely N-dealkylation sites (N-methyl/N-ethyl adjacent to an activating group) is 1. The highest BCUT2D eigenvalue weighted by atomic mass is 16.7. The second-order valence-electron chi connectivity index (χ2n) is 6.62. The van der Waals surface area contributed by atoms with Gasteiger partial charge in [-0.25, -0.2) is 0 Å². The van der Waals surface area contributed by atoms with Crippen LogP contribution in [0.3, 0.4) is 0 Å². The molecule has 1 aromatic carbocycles. The standard InChI is InChI=1S/C17H26N2O2/c1-12-6-13(2)9-19(8-12)10-15(18-3)14-4-5-16-17(7-14)21-11-20-16/h4-5,7,12-13,15,18H,6,8-11H2,1-3H3. The molecule has 0 radical (unpaired) electrons. The number of nitrogens with zero attached hydrogens (tertiary/aromatic N) is 1. The van der Waals surface area contributed by atoms with Crippen LogP contribution in [-0.4, -0.2) is 38.4 Å². The van der Waals surface area contributed by atoms with E-state index in [9.17, 15) is 0 Å². The molecule has 0 spiro atoms. The Kier molecular flexibility index (Phi) is 4.36. The van der Waals surface area contributed by atoms with Gasteiger partial charge in [-0.15, -0.1) is 0 Å². The Morgan fingerprint density at radius 1 is 1.19 bits per heavy atom. The molecule has 21 heavy (non-hydrogen) atoms.